The highest BCUT2D eigenvalue weighted by atomic mass is 16.5. The van der Waals surface area contributed by atoms with Gasteiger partial charge >= 0.3 is 5.97 Å². The summed E-state index contributed by atoms with van der Waals surface area (Å²) in [6.07, 6.45) is 4.22. The quantitative estimate of drug-likeness (QED) is 0.190. The number of Topliss-reactive ketones (excluding diaryl/α,β-unsaturated/α-hetero) is 1. The second-order valence-corrected chi connectivity index (χ2v) is 9.68. The van der Waals surface area contributed by atoms with E-state index in [4.69, 9.17) is 4.74 Å². The Hall–Kier alpha value is -3.58. The van der Waals surface area contributed by atoms with E-state index in [1.165, 1.54) is 17.2 Å². The molecule has 0 fully saturated rings. The Bertz CT molecular complexity index is 1230. The van der Waals surface area contributed by atoms with Gasteiger partial charge in [-0.1, -0.05) is 54.4 Å². The van der Waals surface area contributed by atoms with E-state index in [-0.39, 0.29) is 23.7 Å². The SMILES string of the molecule is CCOC(=O)Cc1cccc(Cn2nc(C)ccc2=O)c1.Cc1cccc(C(=O)CCCCCN(C)C)c1. The zero-order valence-corrected chi connectivity index (χ0v) is 23.4. The summed E-state index contributed by atoms with van der Waals surface area (Å²) in [5.74, 6) is 0.0269. The number of carbonyl (C=O) groups is 2. The number of nitrogens with zero attached hydrogens (tertiary/aromatic N) is 3. The summed E-state index contributed by atoms with van der Waals surface area (Å²) in [7, 11) is 4.16. The number of rotatable bonds is 12. The van der Waals surface area contributed by atoms with Crippen LogP contribution in [0, 0.1) is 13.8 Å². The standard InChI is InChI=1S/C16H18N2O3.C15H23NO/c1-3-21-16(20)10-13-5-4-6-14(9-13)11-18-15(19)8-7-12(2)17-18;1-13-8-7-9-14(12-13)15(17)10-5-4-6-11-16(2)3/h4-9H,3,10-11H2,1-2H3;7-9,12H,4-6,10-11H2,1-3H3. The fourth-order valence-corrected chi connectivity index (χ4v) is 3.91. The van der Waals surface area contributed by atoms with Gasteiger partial charge in [-0.3, -0.25) is 14.4 Å². The minimum absolute atomic E-state index is 0.142. The molecule has 0 N–H and O–H groups in total. The molecule has 0 aliphatic rings. The topological polar surface area (TPSA) is 81.5 Å². The van der Waals surface area contributed by atoms with Crippen LogP contribution in [0.1, 0.15) is 65.3 Å². The van der Waals surface area contributed by atoms with Gasteiger partial charge in [0.2, 0.25) is 0 Å². The van der Waals surface area contributed by atoms with Gasteiger partial charge in [-0.2, -0.15) is 5.10 Å². The Balaban J connectivity index is 0.000000273. The Morgan fingerprint density at radius 1 is 0.921 bits per heavy atom. The molecule has 7 nitrogen and oxygen atoms in total. The molecule has 38 heavy (non-hydrogen) atoms. The van der Waals surface area contributed by atoms with Crippen molar-refractivity contribution in [1.82, 2.24) is 14.7 Å². The lowest BCUT2D eigenvalue weighted by Crippen LogP contribution is -2.23. The third-order valence-electron chi connectivity index (χ3n) is 5.83. The molecule has 0 atom stereocenters. The van der Waals surface area contributed by atoms with E-state index < -0.39 is 0 Å². The summed E-state index contributed by atoms with van der Waals surface area (Å²) in [6.45, 7) is 7.52. The number of ether oxygens (including phenoxy) is 1. The van der Waals surface area contributed by atoms with Crippen LogP contribution in [0.4, 0.5) is 0 Å². The van der Waals surface area contributed by atoms with Crippen molar-refractivity contribution >= 4 is 11.8 Å². The molecule has 3 aromatic rings. The molecular formula is C31H41N3O4. The molecule has 2 aromatic carbocycles. The molecule has 0 spiro atoms. The maximum absolute atomic E-state index is 11.9. The van der Waals surface area contributed by atoms with Gasteiger partial charge in [0.05, 0.1) is 25.3 Å². The van der Waals surface area contributed by atoms with Gasteiger partial charge in [0, 0.05) is 18.1 Å². The molecule has 1 heterocycles. The highest BCUT2D eigenvalue weighted by Gasteiger charge is 2.07. The fraction of sp³-hybridized carbons (Fsp3) is 0.419. The van der Waals surface area contributed by atoms with Gasteiger partial charge in [-0.15, -0.1) is 0 Å². The van der Waals surface area contributed by atoms with Gasteiger partial charge in [-0.05, 0) is 77.5 Å². The maximum atomic E-state index is 11.9. The van der Waals surface area contributed by atoms with Crippen LogP contribution in [0.3, 0.4) is 0 Å². The first-order valence-electron chi connectivity index (χ1n) is 13.2. The molecule has 204 valence electrons. The lowest BCUT2D eigenvalue weighted by Gasteiger charge is -2.08. The molecule has 7 heteroatoms. The number of benzene rings is 2. The Kier molecular flexibility index (Phi) is 13.1. The van der Waals surface area contributed by atoms with Crippen LogP contribution in [-0.4, -0.2) is 53.7 Å². The summed E-state index contributed by atoms with van der Waals surface area (Å²) >= 11 is 0. The largest absolute Gasteiger partial charge is 0.466 e. The molecule has 0 aliphatic carbocycles. The van der Waals surface area contributed by atoms with E-state index in [1.54, 1.807) is 13.0 Å². The first-order valence-corrected chi connectivity index (χ1v) is 13.2. The predicted molar refractivity (Wildman–Crippen MR) is 152 cm³/mol. The van der Waals surface area contributed by atoms with E-state index in [0.717, 1.165) is 47.3 Å². The zero-order valence-electron chi connectivity index (χ0n) is 23.4. The van der Waals surface area contributed by atoms with Crippen molar-refractivity contribution in [3.63, 3.8) is 0 Å². The molecule has 0 saturated carbocycles. The van der Waals surface area contributed by atoms with Crippen molar-refractivity contribution in [1.29, 1.82) is 0 Å². The Morgan fingerprint density at radius 3 is 2.37 bits per heavy atom. The summed E-state index contributed by atoms with van der Waals surface area (Å²) in [6, 6.07) is 18.6. The predicted octanol–water partition coefficient (Wildman–Crippen LogP) is 5.01. The van der Waals surface area contributed by atoms with Crippen molar-refractivity contribution in [2.24, 2.45) is 0 Å². The van der Waals surface area contributed by atoms with Crippen molar-refractivity contribution < 1.29 is 14.3 Å². The van der Waals surface area contributed by atoms with Crippen LogP contribution in [0.25, 0.3) is 0 Å². The molecule has 0 unspecified atom stereocenters. The van der Waals surface area contributed by atoms with Crippen molar-refractivity contribution in [2.75, 3.05) is 27.2 Å². The minimum Gasteiger partial charge on any atom is -0.466 e. The number of aromatic nitrogens is 2. The number of aryl methyl sites for hydroxylation is 2. The first-order chi connectivity index (χ1) is 18.2. The highest BCUT2D eigenvalue weighted by molar-refractivity contribution is 5.96. The number of unbranched alkanes of at least 4 members (excludes halogenated alkanes) is 2. The van der Waals surface area contributed by atoms with Crippen LogP contribution in [0.2, 0.25) is 0 Å². The Labute approximate surface area is 226 Å². The van der Waals surface area contributed by atoms with Crippen molar-refractivity contribution in [3.05, 3.63) is 99.0 Å². The van der Waals surface area contributed by atoms with Gasteiger partial charge in [0.1, 0.15) is 0 Å². The van der Waals surface area contributed by atoms with Crippen LogP contribution < -0.4 is 5.56 Å². The highest BCUT2D eigenvalue weighted by Crippen LogP contribution is 2.10. The van der Waals surface area contributed by atoms with Crippen molar-refractivity contribution in [3.8, 4) is 0 Å². The molecule has 0 bridgehead atoms. The van der Waals surface area contributed by atoms with Crippen LogP contribution >= 0.6 is 0 Å². The summed E-state index contributed by atoms with van der Waals surface area (Å²) in [5.41, 5.74) is 4.46. The molecule has 3 rings (SSSR count). The summed E-state index contributed by atoms with van der Waals surface area (Å²) in [5, 5.41) is 4.20. The fourth-order valence-electron chi connectivity index (χ4n) is 3.91. The van der Waals surface area contributed by atoms with E-state index in [9.17, 15) is 14.4 Å². The van der Waals surface area contributed by atoms with Crippen LogP contribution in [0.15, 0.2) is 65.5 Å². The number of ketones is 1. The maximum Gasteiger partial charge on any atom is 0.310 e. The molecule has 0 aliphatic heterocycles. The average Bonchev–Trinajstić information content (AvgIpc) is 2.86. The van der Waals surface area contributed by atoms with Crippen molar-refractivity contribution in [2.45, 2.75) is 59.4 Å². The first kappa shape index (κ1) is 30.6. The monoisotopic (exact) mass is 519 g/mol. The second-order valence-electron chi connectivity index (χ2n) is 9.68. The van der Waals surface area contributed by atoms with Gasteiger partial charge in [0.25, 0.3) is 5.56 Å². The zero-order chi connectivity index (χ0) is 27.9. The van der Waals surface area contributed by atoms with E-state index >= 15 is 0 Å². The van der Waals surface area contributed by atoms with Crippen LogP contribution in [-0.2, 0) is 22.5 Å². The smallest absolute Gasteiger partial charge is 0.310 e. The molecule has 1 aromatic heterocycles. The van der Waals surface area contributed by atoms with Gasteiger partial charge in [0.15, 0.2) is 5.78 Å². The minimum atomic E-state index is -0.250. The number of carbonyl (C=O) groups excluding carboxylic acids is 2. The van der Waals surface area contributed by atoms with Gasteiger partial charge in [-0.25, -0.2) is 4.68 Å². The van der Waals surface area contributed by atoms with E-state index in [0.29, 0.717) is 19.6 Å². The van der Waals surface area contributed by atoms with Gasteiger partial charge < -0.3 is 9.64 Å². The molecule has 0 amide bonds. The molecule has 0 radical (unpaired) electrons. The Morgan fingerprint density at radius 2 is 1.66 bits per heavy atom. The number of hydrogen-bond donors (Lipinski definition) is 0. The van der Waals surface area contributed by atoms with Crippen LogP contribution in [0.5, 0.6) is 0 Å². The lowest BCUT2D eigenvalue weighted by molar-refractivity contribution is -0.142. The lowest BCUT2D eigenvalue weighted by atomic mass is 10.0. The molecule has 0 saturated heterocycles. The molecular weight excluding hydrogens is 478 g/mol. The third-order valence-corrected chi connectivity index (χ3v) is 5.83. The number of hydrogen-bond acceptors (Lipinski definition) is 6. The van der Waals surface area contributed by atoms with E-state index in [2.05, 4.69) is 24.1 Å². The van der Waals surface area contributed by atoms with E-state index in [1.807, 2.05) is 62.4 Å². The summed E-state index contributed by atoms with van der Waals surface area (Å²) in [4.78, 5) is 37.3. The normalized spacial score (nSPS) is 10.6. The second kappa shape index (κ2) is 16.3. The number of esters is 1. The third kappa shape index (κ3) is 11.6. The average molecular weight is 520 g/mol. The summed E-state index contributed by atoms with van der Waals surface area (Å²) < 4.78 is 6.35.